The van der Waals surface area contributed by atoms with Crippen LogP contribution in [-0.2, 0) is 12.8 Å². The monoisotopic (exact) mass is 229 g/mol. The molecule has 3 nitrogen and oxygen atoms in total. The van der Waals surface area contributed by atoms with Gasteiger partial charge in [-0.3, -0.25) is 10.8 Å². The molecule has 0 radical (unpaired) electrons. The molecule has 1 aromatic carbocycles. The molecule has 0 saturated heterocycles. The Bertz CT molecular complexity index is 520. The number of nitrogens with one attached hydrogen (secondary N) is 1. The lowest BCUT2D eigenvalue weighted by molar-refractivity contribution is 0.889. The predicted molar refractivity (Wildman–Crippen MR) is 72.9 cm³/mol. The topological polar surface area (TPSA) is 50.9 Å². The summed E-state index contributed by atoms with van der Waals surface area (Å²) < 4.78 is 0. The van der Waals surface area contributed by atoms with Gasteiger partial charge in [-0.25, -0.2) is 0 Å². The van der Waals surface area contributed by atoms with Gasteiger partial charge in [-0.05, 0) is 36.6 Å². The minimum absolute atomic E-state index is 0.938. The minimum Gasteiger partial charge on any atom is -0.322 e. The highest BCUT2D eigenvalue weighted by atomic mass is 15.2. The Morgan fingerprint density at radius 3 is 2.71 bits per heavy atom. The first kappa shape index (κ1) is 11.9. The number of benzene rings is 1. The smallest absolute Gasteiger partial charge is 0.0708 e. The maximum absolute atomic E-state index is 5.55. The van der Waals surface area contributed by atoms with E-state index < -0.39 is 0 Å². The summed E-state index contributed by atoms with van der Waals surface area (Å²) >= 11 is 0. The lowest BCUT2D eigenvalue weighted by Crippen LogP contribution is -2.10. The highest BCUT2D eigenvalue weighted by Crippen LogP contribution is 2.22. The second kappa shape index (κ2) is 5.15. The van der Waals surface area contributed by atoms with Crippen molar-refractivity contribution in [2.75, 3.05) is 5.43 Å². The van der Waals surface area contributed by atoms with Crippen LogP contribution in [-0.4, -0.2) is 4.98 Å². The van der Waals surface area contributed by atoms with Gasteiger partial charge in [0.05, 0.1) is 16.9 Å². The summed E-state index contributed by atoms with van der Waals surface area (Å²) in [6, 6.07) is 8.50. The summed E-state index contributed by atoms with van der Waals surface area (Å²) in [5.74, 6) is 5.55. The normalized spacial score (nSPS) is 10.8. The van der Waals surface area contributed by atoms with Gasteiger partial charge in [0.1, 0.15) is 0 Å². The van der Waals surface area contributed by atoms with Crippen molar-refractivity contribution < 1.29 is 0 Å². The molecule has 0 aliphatic carbocycles. The molecule has 3 N–H and O–H groups in total. The standard InChI is InChI=1S/C14H19N3/c1-3-5-13-14(17-15)9-11-8-10(4-2)6-7-12(11)16-13/h6-9,17H,3-5,15H2,1-2H3. The van der Waals surface area contributed by atoms with Crippen molar-refractivity contribution >= 4 is 16.6 Å². The zero-order valence-electron chi connectivity index (χ0n) is 10.5. The van der Waals surface area contributed by atoms with Gasteiger partial charge in [0.15, 0.2) is 0 Å². The molecular formula is C14H19N3. The van der Waals surface area contributed by atoms with E-state index in [0.29, 0.717) is 0 Å². The van der Waals surface area contributed by atoms with E-state index in [9.17, 15) is 0 Å². The predicted octanol–water partition coefficient (Wildman–Crippen LogP) is 3.04. The Balaban J connectivity index is 2.56. The molecule has 0 unspecified atom stereocenters. The van der Waals surface area contributed by atoms with Gasteiger partial charge in [-0.15, -0.1) is 0 Å². The Kier molecular flexibility index (Phi) is 3.59. The average molecular weight is 229 g/mol. The minimum atomic E-state index is 0.938. The molecule has 1 heterocycles. The van der Waals surface area contributed by atoms with Crippen molar-refractivity contribution in [1.29, 1.82) is 0 Å². The lowest BCUT2D eigenvalue weighted by atomic mass is 10.1. The van der Waals surface area contributed by atoms with Crippen LogP contribution in [0.25, 0.3) is 10.9 Å². The molecule has 2 rings (SSSR count). The summed E-state index contributed by atoms with van der Waals surface area (Å²) in [7, 11) is 0. The molecule has 90 valence electrons. The van der Waals surface area contributed by atoms with Gasteiger partial charge in [0.2, 0.25) is 0 Å². The van der Waals surface area contributed by atoms with Gasteiger partial charge in [0, 0.05) is 5.39 Å². The quantitative estimate of drug-likeness (QED) is 0.626. The number of pyridine rings is 1. The lowest BCUT2D eigenvalue weighted by Gasteiger charge is -2.10. The third kappa shape index (κ3) is 2.39. The summed E-state index contributed by atoms with van der Waals surface area (Å²) in [6.07, 6.45) is 3.06. The van der Waals surface area contributed by atoms with Crippen LogP contribution in [0.3, 0.4) is 0 Å². The van der Waals surface area contributed by atoms with Crippen LogP contribution in [0.1, 0.15) is 31.5 Å². The average Bonchev–Trinajstić information content (AvgIpc) is 2.37. The fourth-order valence-corrected chi connectivity index (χ4v) is 2.04. The van der Waals surface area contributed by atoms with E-state index in [1.807, 2.05) is 0 Å². The zero-order chi connectivity index (χ0) is 12.3. The molecule has 17 heavy (non-hydrogen) atoms. The Hall–Kier alpha value is -1.61. The van der Waals surface area contributed by atoms with E-state index in [0.717, 1.165) is 41.5 Å². The van der Waals surface area contributed by atoms with Gasteiger partial charge >= 0.3 is 0 Å². The van der Waals surface area contributed by atoms with Crippen LogP contribution < -0.4 is 11.3 Å². The second-order valence-electron chi connectivity index (χ2n) is 4.26. The van der Waals surface area contributed by atoms with Crippen LogP contribution in [0.4, 0.5) is 5.69 Å². The third-order valence-corrected chi connectivity index (χ3v) is 3.01. The summed E-state index contributed by atoms with van der Waals surface area (Å²) in [6.45, 7) is 4.30. The molecule has 0 aliphatic heterocycles. The summed E-state index contributed by atoms with van der Waals surface area (Å²) in [4.78, 5) is 4.67. The number of hydrazine groups is 1. The summed E-state index contributed by atoms with van der Waals surface area (Å²) in [5, 5.41) is 1.15. The number of aryl methyl sites for hydroxylation is 2. The fraction of sp³-hybridized carbons (Fsp3) is 0.357. The number of nitrogens with zero attached hydrogens (tertiary/aromatic N) is 1. The van der Waals surface area contributed by atoms with Crippen molar-refractivity contribution in [2.24, 2.45) is 5.84 Å². The van der Waals surface area contributed by atoms with E-state index in [1.165, 1.54) is 5.56 Å². The molecular weight excluding hydrogens is 210 g/mol. The van der Waals surface area contributed by atoms with Crippen molar-refractivity contribution in [3.63, 3.8) is 0 Å². The Morgan fingerprint density at radius 1 is 1.24 bits per heavy atom. The third-order valence-electron chi connectivity index (χ3n) is 3.01. The van der Waals surface area contributed by atoms with Gasteiger partial charge in [0.25, 0.3) is 0 Å². The number of nitrogen functional groups attached to an aromatic ring is 1. The number of aromatic nitrogens is 1. The molecule has 1 aromatic heterocycles. The number of rotatable bonds is 4. The molecule has 3 heteroatoms. The highest BCUT2D eigenvalue weighted by molar-refractivity contribution is 5.83. The van der Waals surface area contributed by atoms with Gasteiger partial charge < -0.3 is 5.43 Å². The van der Waals surface area contributed by atoms with Crippen molar-refractivity contribution in [1.82, 2.24) is 4.98 Å². The van der Waals surface area contributed by atoms with Crippen LogP contribution in [0.5, 0.6) is 0 Å². The number of fused-ring (bicyclic) bond motifs is 1. The fourth-order valence-electron chi connectivity index (χ4n) is 2.04. The van der Waals surface area contributed by atoms with Crippen molar-refractivity contribution in [2.45, 2.75) is 33.1 Å². The van der Waals surface area contributed by atoms with E-state index in [2.05, 4.69) is 48.5 Å². The largest absolute Gasteiger partial charge is 0.322 e. The SMILES string of the molecule is CCCc1nc2ccc(CC)cc2cc1NN. The first-order valence-electron chi connectivity index (χ1n) is 6.17. The van der Waals surface area contributed by atoms with E-state index >= 15 is 0 Å². The van der Waals surface area contributed by atoms with Crippen molar-refractivity contribution in [3.8, 4) is 0 Å². The van der Waals surface area contributed by atoms with E-state index in [-0.39, 0.29) is 0 Å². The Morgan fingerprint density at radius 2 is 2.06 bits per heavy atom. The Labute approximate surface area is 102 Å². The zero-order valence-corrected chi connectivity index (χ0v) is 10.5. The van der Waals surface area contributed by atoms with E-state index in [4.69, 9.17) is 5.84 Å². The highest BCUT2D eigenvalue weighted by Gasteiger charge is 2.05. The van der Waals surface area contributed by atoms with Crippen LogP contribution >= 0.6 is 0 Å². The van der Waals surface area contributed by atoms with Crippen LogP contribution in [0.2, 0.25) is 0 Å². The molecule has 0 bridgehead atoms. The van der Waals surface area contributed by atoms with Gasteiger partial charge in [-0.2, -0.15) is 0 Å². The molecule has 0 fully saturated rings. The maximum Gasteiger partial charge on any atom is 0.0708 e. The van der Waals surface area contributed by atoms with Crippen molar-refractivity contribution in [3.05, 3.63) is 35.5 Å². The molecule has 0 atom stereocenters. The van der Waals surface area contributed by atoms with Gasteiger partial charge in [-0.1, -0.05) is 26.3 Å². The van der Waals surface area contributed by atoms with Crippen LogP contribution in [0, 0.1) is 0 Å². The molecule has 2 aromatic rings. The number of nitrogens with two attached hydrogens (primary N) is 1. The second-order valence-corrected chi connectivity index (χ2v) is 4.26. The first-order chi connectivity index (χ1) is 8.28. The number of hydrogen-bond acceptors (Lipinski definition) is 3. The molecule has 0 spiro atoms. The van der Waals surface area contributed by atoms with Crippen LogP contribution in [0.15, 0.2) is 24.3 Å². The molecule has 0 amide bonds. The first-order valence-corrected chi connectivity index (χ1v) is 6.17. The maximum atomic E-state index is 5.55. The molecule has 0 aliphatic rings. The van der Waals surface area contributed by atoms with E-state index in [1.54, 1.807) is 0 Å². The number of hydrogen-bond donors (Lipinski definition) is 2. The summed E-state index contributed by atoms with van der Waals surface area (Å²) in [5.41, 5.74) is 7.10. The number of anilines is 1. The molecule has 0 saturated carbocycles.